The molecule has 0 aliphatic carbocycles. The number of ketones is 1. The van der Waals surface area contributed by atoms with Crippen molar-refractivity contribution < 1.29 is 9.18 Å². The standard InChI is InChI=1S/C10H13FN2O/c11-9-2-1-5-12-10(9)13-6-3-8(14)4-7-13/h1,5,9H,2-4,6-7H2. The Balaban J connectivity index is 2.04. The predicted molar refractivity (Wildman–Crippen MR) is 51.9 cm³/mol. The fourth-order valence-corrected chi connectivity index (χ4v) is 1.76. The molecule has 0 aromatic carbocycles. The summed E-state index contributed by atoms with van der Waals surface area (Å²) in [6, 6.07) is 0. The van der Waals surface area contributed by atoms with E-state index in [1.807, 2.05) is 4.90 Å². The molecule has 1 unspecified atom stereocenters. The number of carbonyl (C=O) groups excluding carboxylic acids is 1. The van der Waals surface area contributed by atoms with Crippen LogP contribution in [0.5, 0.6) is 0 Å². The van der Waals surface area contributed by atoms with Gasteiger partial charge in [-0.2, -0.15) is 0 Å². The average Bonchev–Trinajstić information content (AvgIpc) is 2.20. The maximum absolute atomic E-state index is 13.4. The van der Waals surface area contributed by atoms with E-state index in [1.54, 1.807) is 12.3 Å². The number of halogens is 1. The Labute approximate surface area is 82.3 Å². The summed E-state index contributed by atoms with van der Waals surface area (Å²) in [5.41, 5.74) is 0. The molecule has 2 heterocycles. The first-order valence-corrected chi connectivity index (χ1v) is 4.91. The van der Waals surface area contributed by atoms with Crippen molar-refractivity contribution in [1.82, 2.24) is 4.90 Å². The van der Waals surface area contributed by atoms with Crippen molar-refractivity contribution in [3.05, 3.63) is 12.3 Å². The molecule has 0 aromatic heterocycles. The molecule has 0 bridgehead atoms. The number of rotatable bonds is 0. The minimum absolute atomic E-state index is 0.267. The zero-order chi connectivity index (χ0) is 9.97. The Morgan fingerprint density at radius 2 is 2.14 bits per heavy atom. The van der Waals surface area contributed by atoms with Crippen LogP contribution in [0.4, 0.5) is 4.39 Å². The number of aliphatic imine (C=N–C) groups is 1. The summed E-state index contributed by atoms with van der Waals surface area (Å²) in [7, 11) is 0. The van der Waals surface area contributed by atoms with Crippen LogP contribution >= 0.6 is 0 Å². The summed E-state index contributed by atoms with van der Waals surface area (Å²) in [5.74, 6) is 0.767. The first-order chi connectivity index (χ1) is 6.77. The number of hydrogen-bond acceptors (Lipinski definition) is 3. The maximum atomic E-state index is 13.4. The van der Waals surface area contributed by atoms with Gasteiger partial charge in [-0.15, -0.1) is 0 Å². The van der Waals surface area contributed by atoms with Crippen molar-refractivity contribution in [3.63, 3.8) is 0 Å². The highest BCUT2D eigenvalue weighted by atomic mass is 19.1. The fourth-order valence-electron chi connectivity index (χ4n) is 1.76. The van der Waals surface area contributed by atoms with E-state index in [4.69, 9.17) is 0 Å². The Morgan fingerprint density at radius 3 is 2.79 bits per heavy atom. The van der Waals surface area contributed by atoms with Crippen molar-refractivity contribution in [3.8, 4) is 0 Å². The molecule has 1 atom stereocenters. The molecular formula is C10H13FN2O. The number of Topliss-reactive ketones (excluding diaryl/α,β-unsaturated/α-hetero) is 1. The number of likely N-dealkylation sites (tertiary alicyclic amines) is 1. The number of alkyl halides is 1. The van der Waals surface area contributed by atoms with Gasteiger partial charge >= 0.3 is 0 Å². The van der Waals surface area contributed by atoms with Crippen LogP contribution in [-0.2, 0) is 4.79 Å². The van der Waals surface area contributed by atoms with Crippen molar-refractivity contribution in [2.24, 2.45) is 4.99 Å². The first kappa shape index (κ1) is 9.37. The van der Waals surface area contributed by atoms with E-state index < -0.39 is 6.17 Å². The van der Waals surface area contributed by atoms with Crippen LogP contribution in [0.2, 0.25) is 0 Å². The SMILES string of the molecule is O=C1CCN(C2=NC=CCC2F)CC1. The molecule has 0 spiro atoms. The molecule has 0 saturated carbocycles. The highest BCUT2D eigenvalue weighted by Crippen LogP contribution is 2.15. The fraction of sp³-hybridized carbons (Fsp3) is 0.600. The van der Waals surface area contributed by atoms with Gasteiger partial charge in [0.1, 0.15) is 11.6 Å². The van der Waals surface area contributed by atoms with Crippen LogP contribution in [0.15, 0.2) is 17.3 Å². The van der Waals surface area contributed by atoms with Crippen LogP contribution in [-0.4, -0.2) is 35.8 Å². The molecule has 0 aromatic rings. The van der Waals surface area contributed by atoms with Crippen LogP contribution < -0.4 is 0 Å². The van der Waals surface area contributed by atoms with Crippen molar-refractivity contribution >= 4 is 11.6 Å². The Morgan fingerprint density at radius 1 is 1.43 bits per heavy atom. The third-order valence-electron chi connectivity index (χ3n) is 2.58. The Bertz CT molecular complexity index is 288. The second-order valence-corrected chi connectivity index (χ2v) is 3.60. The van der Waals surface area contributed by atoms with Gasteiger partial charge in [-0.25, -0.2) is 9.38 Å². The first-order valence-electron chi connectivity index (χ1n) is 4.91. The zero-order valence-electron chi connectivity index (χ0n) is 7.95. The molecular weight excluding hydrogens is 183 g/mol. The highest BCUT2D eigenvalue weighted by Gasteiger charge is 2.25. The number of carbonyl (C=O) groups is 1. The largest absolute Gasteiger partial charge is 0.357 e. The monoisotopic (exact) mass is 196 g/mol. The van der Waals surface area contributed by atoms with Crippen molar-refractivity contribution in [2.75, 3.05) is 13.1 Å². The van der Waals surface area contributed by atoms with E-state index in [2.05, 4.69) is 4.99 Å². The number of amidine groups is 1. The van der Waals surface area contributed by atoms with Crippen LogP contribution in [0.3, 0.4) is 0 Å². The van der Waals surface area contributed by atoms with Gasteiger partial charge in [0.2, 0.25) is 0 Å². The molecule has 2 aliphatic rings. The summed E-state index contributed by atoms with van der Waals surface area (Å²) < 4.78 is 13.4. The van der Waals surface area contributed by atoms with E-state index in [1.165, 1.54) is 0 Å². The number of piperidine rings is 1. The Kier molecular flexibility index (Phi) is 2.61. The second kappa shape index (κ2) is 3.90. The number of allylic oxidation sites excluding steroid dienone is 1. The van der Waals surface area contributed by atoms with Crippen LogP contribution in [0.1, 0.15) is 19.3 Å². The van der Waals surface area contributed by atoms with Gasteiger partial charge in [0, 0.05) is 38.6 Å². The molecule has 0 N–H and O–H groups in total. The minimum atomic E-state index is -0.992. The molecule has 0 radical (unpaired) electrons. The minimum Gasteiger partial charge on any atom is -0.357 e. The average molecular weight is 196 g/mol. The third kappa shape index (κ3) is 1.84. The molecule has 1 fully saturated rings. The van der Waals surface area contributed by atoms with E-state index in [-0.39, 0.29) is 5.78 Å². The van der Waals surface area contributed by atoms with Gasteiger partial charge < -0.3 is 4.90 Å². The van der Waals surface area contributed by atoms with E-state index in [0.29, 0.717) is 38.2 Å². The lowest BCUT2D eigenvalue weighted by Crippen LogP contribution is -2.43. The molecule has 0 amide bonds. The smallest absolute Gasteiger partial charge is 0.161 e. The topological polar surface area (TPSA) is 32.7 Å². The molecule has 4 heteroatoms. The van der Waals surface area contributed by atoms with Crippen molar-refractivity contribution in [2.45, 2.75) is 25.4 Å². The summed E-state index contributed by atoms with van der Waals surface area (Å²) in [5, 5.41) is 0. The normalized spacial score (nSPS) is 27.8. The molecule has 14 heavy (non-hydrogen) atoms. The lowest BCUT2D eigenvalue weighted by molar-refractivity contribution is -0.120. The van der Waals surface area contributed by atoms with Crippen LogP contribution in [0, 0.1) is 0 Å². The van der Waals surface area contributed by atoms with E-state index >= 15 is 0 Å². The molecule has 2 rings (SSSR count). The van der Waals surface area contributed by atoms with Crippen molar-refractivity contribution in [1.29, 1.82) is 0 Å². The van der Waals surface area contributed by atoms with Gasteiger partial charge in [-0.1, -0.05) is 6.08 Å². The summed E-state index contributed by atoms with van der Waals surface area (Å²) >= 11 is 0. The van der Waals surface area contributed by atoms with Gasteiger partial charge in [-0.3, -0.25) is 4.79 Å². The van der Waals surface area contributed by atoms with E-state index in [0.717, 1.165) is 0 Å². The summed E-state index contributed by atoms with van der Waals surface area (Å²) in [4.78, 5) is 16.9. The molecule has 1 saturated heterocycles. The van der Waals surface area contributed by atoms with E-state index in [9.17, 15) is 9.18 Å². The van der Waals surface area contributed by atoms with Gasteiger partial charge in [0.25, 0.3) is 0 Å². The third-order valence-corrected chi connectivity index (χ3v) is 2.58. The molecule has 76 valence electrons. The Hall–Kier alpha value is -1.19. The van der Waals surface area contributed by atoms with Crippen LogP contribution in [0.25, 0.3) is 0 Å². The summed E-state index contributed by atoms with van der Waals surface area (Å²) in [6.45, 7) is 1.23. The molecule has 2 aliphatic heterocycles. The predicted octanol–water partition coefficient (Wildman–Crippen LogP) is 1.31. The number of nitrogens with zero attached hydrogens (tertiary/aromatic N) is 2. The maximum Gasteiger partial charge on any atom is 0.161 e. The highest BCUT2D eigenvalue weighted by molar-refractivity contribution is 5.90. The molecule has 3 nitrogen and oxygen atoms in total. The van der Waals surface area contributed by atoms with Gasteiger partial charge in [0.15, 0.2) is 6.17 Å². The number of hydrogen-bond donors (Lipinski definition) is 0. The lowest BCUT2D eigenvalue weighted by Gasteiger charge is -2.31. The van der Waals surface area contributed by atoms with Gasteiger partial charge in [-0.05, 0) is 0 Å². The van der Waals surface area contributed by atoms with Gasteiger partial charge in [0.05, 0.1) is 0 Å². The lowest BCUT2D eigenvalue weighted by atomic mass is 10.1. The summed E-state index contributed by atoms with van der Waals surface area (Å²) in [6.07, 6.45) is 3.83. The second-order valence-electron chi connectivity index (χ2n) is 3.60. The quantitative estimate of drug-likeness (QED) is 0.585. The zero-order valence-corrected chi connectivity index (χ0v) is 7.95.